The number of esters is 1. The van der Waals surface area contributed by atoms with E-state index in [9.17, 15) is 4.79 Å². The summed E-state index contributed by atoms with van der Waals surface area (Å²) in [5, 5.41) is 4.37. The molecule has 9 nitrogen and oxygen atoms in total. The predicted molar refractivity (Wildman–Crippen MR) is 111 cm³/mol. The lowest BCUT2D eigenvalue weighted by Gasteiger charge is -2.31. The minimum Gasteiger partial charge on any atom is -0.463 e. The van der Waals surface area contributed by atoms with Crippen molar-refractivity contribution in [2.24, 2.45) is 5.92 Å². The molecule has 31 heavy (non-hydrogen) atoms. The minimum absolute atomic E-state index is 0.0104. The first-order valence-electron chi connectivity index (χ1n) is 11.1. The standard InChI is InChI=1S/C22H30N4O5/c1-21(2)30-17-15(11-28-20(27)13-7-5-4-6-8-13)29-22(3,18(17)31-21)16-10-9-14-19(23)24-12-25-26(14)16/h9-10,12-13,15,17-18H,4-8,11H2,1-3H3,(H2,23,24,25)/t15-,17-,18-,22+/m1/s1. The van der Waals surface area contributed by atoms with Crippen LogP contribution in [0.25, 0.3) is 5.52 Å². The summed E-state index contributed by atoms with van der Waals surface area (Å²) in [6.07, 6.45) is 5.36. The monoisotopic (exact) mass is 430 g/mol. The lowest BCUT2D eigenvalue weighted by molar-refractivity contribution is -0.215. The molecule has 0 bridgehead atoms. The van der Waals surface area contributed by atoms with Gasteiger partial charge in [-0.1, -0.05) is 19.3 Å². The summed E-state index contributed by atoms with van der Waals surface area (Å²) >= 11 is 0. The SMILES string of the molecule is CC1(C)O[C@H]2[C@@H](O1)[C@](C)(c1ccc3c(N)ncnn13)O[C@@H]2COC(=O)C1CCCCC1. The van der Waals surface area contributed by atoms with Crippen LogP contribution in [-0.4, -0.2) is 51.3 Å². The Morgan fingerprint density at radius 1 is 1.19 bits per heavy atom. The number of nitrogen functional groups attached to an aromatic ring is 1. The van der Waals surface area contributed by atoms with Gasteiger partial charge in [0.1, 0.15) is 42.4 Å². The van der Waals surface area contributed by atoms with Crippen LogP contribution < -0.4 is 5.73 Å². The maximum absolute atomic E-state index is 12.6. The number of aromatic nitrogens is 3. The van der Waals surface area contributed by atoms with Gasteiger partial charge >= 0.3 is 5.97 Å². The van der Waals surface area contributed by atoms with E-state index in [4.69, 9.17) is 24.7 Å². The van der Waals surface area contributed by atoms with Crippen molar-refractivity contribution in [1.82, 2.24) is 14.6 Å². The normalized spacial score (nSPS) is 32.9. The fourth-order valence-corrected chi connectivity index (χ4v) is 5.22. The van der Waals surface area contributed by atoms with Gasteiger partial charge in [0.05, 0.1) is 11.6 Å². The van der Waals surface area contributed by atoms with Gasteiger partial charge in [0.25, 0.3) is 0 Å². The van der Waals surface area contributed by atoms with Crippen LogP contribution in [0.15, 0.2) is 18.5 Å². The molecule has 4 atom stereocenters. The van der Waals surface area contributed by atoms with Crippen molar-refractivity contribution in [2.45, 2.75) is 82.6 Å². The molecule has 2 aliphatic heterocycles. The topological polar surface area (TPSA) is 110 Å². The maximum Gasteiger partial charge on any atom is 0.309 e. The summed E-state index contributed by atoms with van der Waals surface area (Å²) in [6, 6.07) is 3.79. The zero-order valence-electron chi connectivity index (χ0n) is 18.2. The van der Waals surface area contributed by atoms with Gasteiger partial charge in [-0.25, -0.2) is 9.50 Å². The van der Waals surface area contributed by atoms with Gasteiger partial charge in [0.15, 0.2) is 11.6 Å². The highest BCUT2D eigenvalue weighted by Gasteiger charge is 2.62. The minimum atomic E-state index is -0.868. The first kappa shape index (κ1) is 20.7. The van der Waals surface area contributed by atoms with Crippen LogP contribution in [0.1, 0.15) is 58.6 Å². The number of ether oxygens (including phenoxy) is 4. The summed E-state index contributed by atoms with van der Waals surface area (Å²) in [7, 11) is 0. The number of carbonyl (C=O) groups is 1. The van der Waals surface area contributed by atoms with Crippen LogP contribution in [0.5, 0.6) is 0 Å². The van der Waals surface area contributed by atoms with Crippen molar-refractivity contribution >= 4 is 17.3 Å². The van der Waals surface area contributed by atoms with E-state index in [-0.39, 0.29) is 24.6 Å². The molecule has 0 aromatic carbocycles. The van der Waals surface area contributed by atoms with Gasteiger partial charge in [-0.3, -0.25) is 4.79 Å². The van der Waals surface area contributed by atoms with Crippen molar-refractivity contribution in [2.75, 3.05) is 12.3 Å². The molecular weight excluding hydrogens is 400 g/mol. The van der Waals surface area contributed by atoms with Gasteiger partial charge in [-0.15, -0.1) is 0 Å². The molecule has 4 heterocycles. The van der Waals surface area contributed by atoms with Crippen LogP contribution in [0.4, 0.5) is 5.82 Å². The van der Waals surface area contributed by atoms with E-state index >= 15 is 0 Å². The summed E-state index contributed by atoms with van der Waals surface area (Å²) in [5.41, 5.74) is 6.63. The van der Waals surface area contributed by atoms with Crippen LogP contribution in [0, 0.1) is 5.92 Å². The Morgan fingerprint density at radius 2 is 1.97 bits per heavy atom. The first-order chi connectivity index (χ1) is 14.8. The number of hydrogen-bond donors (Lipinski definition) is 1. The lowest BCUT2D eigenvalue weighted by Crippen LogP contribution is -2.39. The number of rotatable bonds is 4. The Balaban J connectivity index is 1.41. The number of hydrogen-bond acceptors (Lipinski definition) is 8. The van der Waals surface area contributed by atoms with Gasteiger partial charge < -0.3 is 24.7 Å². The molecule has 5 rings (SSSR count). The molecule has 2 aromatic heterocycles. The molecule has 3 fully saturated rings. The molecule has 168 valence electrons. The summed E-state index contributed by atoms with van der Waals surface area (Å²) in [4.78, 5) is 16.7. The third kappa shape index (κ3) is 3.48. The Kier molecular flexibility index (Phi) is 4.95. The average Bonchev–Trinajstić information content (AvgIpc) is 3.39. The Bertz CT molecular complexity index is 985. The fraction of sp³-hybridized carbons (Fsp3) is 0.682. The zero-order valence-corrected chi connectivity index (χ0v) is 18.2. The number of carbonyl (C=O) groups excluding carboxylic acids is 1. The lowest BCUT2D eigenvalue weighted by atomic mass is 9.89. The molecule has 0 spiro atoms. The maximum atomic E-state index is 12.6. The summed E-state index contributed by atoms with van der Waals surface area (Å²) in [5.74, 6) is -0.530. The van der Waals surface area contributed by atoms with E-state index in [0.717, 1.165) is 31.4 Å². The second kappa shape index (κ2) is 7.43. The quantitative estimate of drug-likeness (QED) is 0.737. The second-order valence-electron chi connectivity index (χ2n) is 9.41. The second-order valence-corrected chi connectivity index (χ2v) is 9.41. The predicted octanol–water partition coefficient (Wildman–Crippen LogP) is 2.57. The largest absolute Gasteiger partial charge is 0.463 e. The van der Waals surface area contributed by atoms with Crippen molar-refractivity contribution in [3.05, 3.63) is 24.2 Å². The molecule has 3 aliphatic rings. The van der Waals surface area contributed by atoms with E-state index in [2.05, 4.69) is 10.1 Å². The number of anilines is 1. The van der Waals surface area contributed by atoms with E-state index in [1.54, 1.807) is 4.52 Å². The number of nitrogens with zero attached hydrogens (tertiary/aromatic N) is 3. The Morgan fingerprint density at radius 3 is 2.74 bits per heavy atom. The van der Waals surface area contributed by atoms with Crippen LogP contribution in [0.3, 0.4) is 0 Å². The van der Waals surface area contributed by atoms with Crippen molar-refractivity contribution < 1.29 is 23.7 Å². The fourth-order valence-electron chi connectivity index (χ4n) is 5.22. The first-order valence-corrected chi connectivity index (χ1v) is 11.1. The smallest absolute Gasteiger partial charge is 0.309 e. The van der Waals surface area contributed by atoms with Gasteiger partial charge in [-0.05, 0) is 45.7 Å². The van der Waals surface area contributed by atoms with E-state index < -0.39 is 23.6 Å². The average molecular weight is 431 g/mol. The van der Waals surface area contributed by atoms with Crippen molar-refractivity contribution in [3.63, 3.8) is 0 Å². The van der Waals surface area contributed by atoms with Gasteiger partial charge in [-0.2, -0.15) is 5.10 Å². The van der Waals surface area contributed by atoms with E-state index in [0.29, 0.717) is 11.3 Å². The highest BCUT2D eigenvalue weighted by molar-refractivity contribution is 5.72. The highest BCUT2D eigenvalue weighted by Crippen LogP contribution is 2.49. The highest BCUT2D eigenvalue weighted by atomic mass is 16.8. The molecule has 2 saturated heterocycles. The third-order valence-corrected chi connectivity index (χ3v) is 6.75. The number of fused-ring (bicyclic) bond motifs is 2. The molecule has 2 N–H and O–H groups in total. The van der Waals surface area contributed by atoms with Crippen LogP contribution in [0.2, 0.25) is 0 Å². The zero-order chi connectivity index (χ0) is 21.8. The van der Waals surface area contributed by atoms with Gasteiger partial charge in [0, 0.05) is 0 Å². The third-order valence-electron chi connectivity index (χ3n) is 6.75. The Hall–Kier alpha value is -2.23. The molecule has 1 saturated carbocycles. The van der Waals surface area contributed by atoms with Crippen molar-refractivity contribution in [3.8, 4) is 0 Å². The van der Waals surface area contributed by atoms with Crippen LogP contribution in [-0.2, 0) is 29.3 Å². The molecule has 9 heteroatoms. The summed E-state index contributed by atoms with van der Waals surface area (Å²) in [6.45, 7) is 5.85. The van der Waals surface area contributed by atoms with Gasteiger partial charge in [0.2, 0.25) is 0 Å². The molecule has 0 unspecified atom stereocenters. The Labute approximate surface area is 181 Å². The molecule has 2 aromatic rings. The van der Waals surface area contributed by atoms with E-state index in [1.807, 2.05) is 32.9 Å². The number of nitrogens with two attached hydrogens (primary N) is 1. The van der Waals surface area contributed by atoms with E-state index in [1.165, 1.54) is 12.7 Å². The molecular formula is C22H30N4O5. The molecule has 0 amide bonds. The summed E-state index contributed by atoms with van der Waals surface area (Å²) < 4.78 is 26.4. The molecule has 0 radical (unpaired) electrons. The van der Waals surface area contributed by atoms with Crippen molar-refractivity contribution in [1.29, 1.82) is 0 Å². The van der Waals surface area contributed by atoms with Crippen LogP contribution >= 0.6 is 0 Å². The molecule has 1 aliphatic carbocycles.